The third-order valence-corrected chi connectivity index (χ3v) is 2.56. The molecular formula is C13H10F2O2. The van der Waals surface area contributed by atoms with Crippen LogP contribution in [0.3, 0.4) is 0 Å². The van der Waals surface area contributed by atoms with Gasteiger partial charge in [-0.15, -0.1) is 0 Å². The van der Waals surface area contributed by atoms with Crippen LogP contribution in [0.15, 0.2) is 36.4 Å². The Hall–Kier alpha value is -1.97. The van der Waals surface area contributed by atoms with Gasteiger partial charge in [0.15, 0.2) is 0 Å². The molecule has 0 saturated heterocycles. The fraction of sp³-hybridized carbons (Fsp3) is 0.154. The minimum atomic E-state index is -2.59. The minimum absolute atomic E-state index is 0.139. The lowest BCUT2D eigenvalue weighted by Gasteiger charge is -2.08. The molecule has 0 unspecified atom stereocenters. The smallest absolute Gasteiger partial charge is 0.307 e. The molecule has 0 saturated carbocycles. The van der Waals surface area contributed by atoms with Gasteiger partial charge < -0.3 is 5.11 Å². The SMILES string of the molecule is O=C(O)Cc1cc(C(F)F)cc2ccccc12. The molecule has 0 aliphatic rings. The average molecular weight is 236 g/mol. The molecule has 1 N–H and O–H groups in total. The molecule has 88 valence electrons. The highest BCUT2D eigenvalue weighted by molar-refractivity contribution is 5.89. The summed E-state index contributed by atoms with van der Waals surface area (Å²) in [5.41, 5.74) is 0.283. The fourth-order valence-corrected chi connectivity index (χ4v) is 1.85. The topological polar surface area (TPSA) is 37.3 Å². The molecule has 2 nitrogen and oxygen atoms in total. The number of carboxylic acid groups (broad SMARTS) is 1. The number of alkyl halides is 2. The van der Waals surface area contributed by atoms with Crippen molar-refractivity contribution in [2.75, 3.05) is 0 Å². The highest BCUT2D eigenvalue weighted by Crippen LogP contribution is 2.27. The normalized spacial score (nSPS) is 11.0. The molecule has 0 heterocycles. The molecule has 4 heteroatoms. The first-order valence-electron chi connectivity index (χ1n) is 5.09. The molecule has 2 aromatic carbocycles. The van der Waals surface area contributed by atoms with Gasteiger partial charge in [0.1, 0.15) is 0 Å². The van der Waals surface area contributed by atoms with Crippen LogP contribution in [0, 0.1) is 0 Å². The van der Waals surface area contributed by atoms with Gasteiger partial charge in [-0.05, 0) is 28.5 Å². The first-order valence-corrected chi connectivity index (χ1v) is 5.09. The van der Waals surface area contributed by atoms with E-state index in [2.05, 4.69) is 0 Å². The molecule has 2 rings (SSSR count). The summed E-state index contributed by atoms with van der Waals surface area (Å²) in [4.78, 5) is 10.7. The van der Waals surface area contributed by atoms with Crippen molar-refractivity contribution in [2.45, 2.75) is 12.8 Å². The highest BCUT2D eigenvalue weighted by Gasteiger charge is 2.12. The van der Waals surface area contributed by atoms with E-state index in [1.165, 1.54) is 12.1 Å². The standard InChI is InChI=1S/C13H10F2O2/c14-13(15)10-5-8-3-1-2-4-11(8)9(6-10)7-12(16)17/h1-6,13H,7H2,(H,16,17). The van der Waals surface area contributed by atoms with Crippen LogP contribution in [-0.4, -0.2) is 11.1 Å². The number of fused-ring (bicyclic) bond motifs is 1. The van der Waals surface area contributed by atoms with E-state index in [1.54, 1.807) is 24.3 Å². The minimum Gasteiger partial charge on any atom is -0.481 e. The van der Waals surface area contributed by atoms with Crippen LogP contribution >= 0.6 is 0 Å². The Bertz CT molecular complexity index is 564. The van der Waals surface area contributed by atoms with Crippen molar-refractivity contribution >= 4 is 16.7 Å². The first kappa shape index (κ1) is 11.5. The van der Waals surface area contributed by atoms with E-state index in [0.717, 1.165) is 0 Å². The number of aliphatic carboxylic acids is 1. The van der Waals surface area contributed by atoms with Crippen molar-refractivity contribution < 1.29 is 18.7 Å². The number of halogens is 2. The predicted octanol–water partition coefficient (Wildman–Crippen LogP) is 3.40. The van der Waals surface area contributed by atoms with Crippen LogP contribution in [-0.2, 0) is 11.2 Å². The molecule has 0 aliphatic carbocycles. The zero-order valence-electron chi connectivity index (χ0n) is 8.86. The van der Waals surface area contributed by atoms with Crippen LogP contribution in [0.5, 0.6) is 0 Å². The molecule has 17 heavy (non-hydrogen) atoms. The maximum Gasteiger partial charge on any atom is 0.307 e. The van der Waals surface area contributed by atoms with Crippen molar-refractivity contribution in [2.24, 2.45) is 0 Å². The Morgan fingerprint density at radius 2 is 1.94 bits per heavy atom. The fourth-order valence-electron chi connectivity index (χ4n) is 1.85. The zero-order valence-corrected chi connectivity index (χ0v) is 8.86. The highest BCUT2D eigenvalue weighted by atomic mass is 19.3. The molecule has 0 atom stereocenters. The monoisotopic (exact) mass is 236 g/mol. The van der Waals surface area contributed by atoms with Gasteiger partial charge in [-0.25, -0.2) is 8.78 Å². The van der Waals surface area contributed by atoms with Crippen molar-refractivity contribution in [3.8, 4) is 0 Å². The van der Waals surface area contributed by atoms with Gasteiger partial charge in [0.25, 0.3) is 6.43 Å². The van der Waals surface area contributed by atoms with Crippen LogP contribution in [0.1, 0.15) is 17.6 Å². The second kappa shape index (κ2) is 4.49. The largest absolute Gasteiger partial charge is 0.481 e. The second-order valence-corrected chi connectivity index (χ2v) is 3.77. The van der Waals surface area contributed by atoms with E-state index in [1.807, 2.05) is 0 Å². The van der Waals surface area contributed by atoms with Crippen LogP contribution in [0.4, 0.5) is 8.78 Å². The Morgan fingerprint density at radius 3 is 2.59 bits per heavy atom. The summed E-state index contributed by atoms with van der Waals surface area (Å²) < 4.78 is 25.3. The Balaban J connectivity index is 2.64. The van der Waals surface area contributed by atoms with Gasteiger partial charge in [-0.2, -0.15) is 0 Å². The third-order valence-electron chi connectivity index (χ3n) is 2.56. The lowest BCUT2D eigenvalue weighted by atomic mass is 9.99. The molecule has 0 spiro atoms. The first-order chi connectivity index (χ1) is 8.08. The van der Waals surface area contributed by atoms with Crippen molar-refractivity contribution in [3.05, 3.63) is 47.5 Å². The summed E-state index contributed by atoms with van der Waals surface area (Å²) in [6.45, 7) is 0. The van der Waals surface area contributed by atoms with E-state index in [0.29, 0.717) is 16.3 Å². The van der Waals surface area contributed by atoms with E-state index in [-0.39, 0.29) is 12.0 Å². The van der Waals surface area contributed by atoms with Gasteiger partial charge >= 0.3 is 5.97 Å². The van der Waals surface area contributed by atoms with E-state index in [4.69, 9.17) is 5.11 Å². The Labute approximate surface area is 96.5 Å². The van der Waals surface area contributed by atoms with E-state index >= 15 is 0 Å². The number of hydrogen-bond donors (Lipinski definition) is 1. The van der Waals surface area contributed by atoms with Crippen molar-refractivity contribution in [3.63, 3.8) is 0 Å². The van der Waals surface area contributed by atoms with Crippen LogP contribution in [0.25, 0.3) is 10.8 Å². The molecule has 0 aliphatic heterocycles. The van der Waals surface area contributed by atoms with Gasteiger partial charge in [-0.3, -0.25) is 4.79 Å². The summed E-state index contributed by atoms with van der Waals surface area (Å²) in [6.07, 6.45) is -2.84. The molecule has 0 radical (unpaired) electrons. The van der Waals surface area contributed by atoms with E-state index in [9.17, 15) is 13.6 Å². The summed E-state index contributed by atoms with van der Waals surface area (Å²) in [5, 5.41) is 10.1. The van der Waals surface area contributed by atoms with Crippen molar-refractivity contribution in [1.82, 2.24) is 0 Å². The molecule has 2 aromatic rings. The molecule has 0 bridgehead atoms. The summed E-state index contributed by atoms with van der Waals surface area (Å²) >= 11 is 0. The number of benzene rings is 2. The Morgan fingerprint density at radius 1 is 1.24 bits per heavy atom. The summed E-state index contributed by atoms with van der Waals surface area (Å²) in [6, 6.07) is 9.60. The molecule has 0 amide bonds. The van der Waals surface area contributed by atoms with Gasteiger partial charge in [-0.1, -0.05) is 24.3 Å². The number of carboxylic acids is 1. The summed E-state index contributed by atoms with van der Waals surface area (Å²) in [7, 11) is 0. The Kier molecular flexibility index (Phi) is 3.04. The summed E-state index contributed by atoms with van der Waals surface area (Å²) in [5.74, 6) is -1.03. The van der Waals surface area contributed by atoms with Crippen LogP contribution < -0.4 is 0 Å². The number of carbonyl (C=O) groups is 1. The van der Waals surface area contributed by atoms with Gasteiger partial charge in [0, 0.05) is 5.56 Å². The van der Waals surface area contributed by atoms with Crippen LogP contribution in [0.2, 0.25) is 0 Å². The quantitative estimate of drug-likeness (QED) is 0.886. The maximum atomic E-state index is 12.7. The van der Waals surface area contributed by atoms with E-state index < -0.39 is 12.4 Å². The average Bonchev–Trinajstić information content (AvgIpc) is 2.28. The lowest BCUT2D eigenvalue weighted by molar-refractivity contribution is -0.136. The van der Waals surface area contributed by atoms with Gasteiger partial charge in [0.05, 0.1) is 6.42 Å². The predicted molar refractivity (Wildman–Crippen MR) is 60.2 cm³/mol. The molecule has 0 fully saturated rings. The maximum absolute atomic E-state index is 12.7. The zero-order chi connectivity index (χ0) is 12.4. The molecular weight excluding hydrogens is 226 g/mol. The third kappa shape index (κ3) is 2.41. The lowest BCUT2D eigenvalue weighted by Crippen LogP contribution is -2.02. The number of rotatable bonds is 3. The molecule has 0 aromatic heterocycles. The van der Waals surface area contributed by atoms with Gasteiger partial charge in [0.2, 0.25) is 0 Å². The van der Waals surface area contributed by atoms with Crippen molar-refractivity contribution in [1.29, 1.82) is 0 Å². The second-order valence-electron chi connectivity index (χ2n) is 3.77. The number of hydrogen-bond acceptors (Lipinski definition) is 1.